The second kappa shape index (κ2) is 14.8. The normalized spacial score (nSPS) is 20.6. The van der Waals surface area contributed by atoms with E-state index in [1.807, 2.05) is 0 Å². The molecule has 0 bridgehead atoms. The zero-order valence-electron chi connectivity index (χ0n) is 37.1. The van der Waals surface area contributed by atoms with E-state index in [0.717, 1.165) is 57.3 Å². The zero-order chi connectivity index (χ0) is 44.0. The van der Waals surface area contributed by atoms with Gasteiger partial charge in [-0.1, -0.05) is 184 Å². The number of anilines is 5. The minimum absolute atomic E-state index is 0.122. The Balaban J connectivity index is 1.06. The lowest BCUT2D eigenvalue weighted by Gasteiger charge is -2.47. The number of fused-ring (bicyclic) bond motifs is 13. The van der Waals surface area contributed by atoms with Crippen LogP contribution in [0.25, 0.3) is 39.3 Å². The maximum atomic E-state index is 6.54. The molecule has 4 atom stereocenters. The van der Waals surface area contributed by atoms with E-state index in [1.165, 1.54) is 50.1 Å². The number of allylic oxidation sites excluding steroid dienone is 4. The highest BCUT2D eigenvalue weighted by atomic mass is 16.3. The Bertz CT molecular complexity index is 3450. The number of furan rings is 1. The highest BCUT2D eigenvalue weighted by molar-refractivity contribution is 6.00. The van der Waals surface area contributed by atoms with E-state index in [4.69, 9.17) is 4.42 Å². The fourth-order valence-corrected chi connectivity index (χ4v) is 12.4. The van der Waals surface area contributed by atoms with E-state index in [-0.39, 0.29) is 5.92 Å². The van der Waals surface area contributed by atoms with Gasteiger partial charge < -0.3 is 14.2 Å². The van der Waals surface area contributed by atoms with Crippen LogP contribution in [0, 0.1) is 5.41 Å². The van der Waals surface area contributed by atoms with E-state index in [0.29, 0.717) is 5.92 Å². The molecule has 9 aromatic rings. The number of hydrogen-bond acceptors (Lipinski definition) is 3. The van der Waals surface area contributed by atoms with Gasteiger partial charge in [-0.05, 0) is 100 Å². The molecule has 0 aliphatic heterocycles. The number of nitrogens with zero attached hydrogens (tertiary/aromatic N) is 2. The number of para-hydroxylation sites is 3. The fraction of sp³-hybridized carbons (Fsp3) is 0.111. The van der Waals surface area contributed by atoms with Crippen molar-refractivity contribution in [2.45, 2.75) is 37.5 Å². The van der Waals surface area contributed by atoms with Crippen molar-refractivity contribution in [3.8, 4) is 22.3 Å². The molecule has 0 saturated carbocycles. The summed E-state index contributed by atoms with van der Waals surface area (Å²) >= 11 is 0. The first-order valence-corrected chi connectivity index (χ1v) is 23.4. The van der Waals surface area contributed by atoms with Crippen LogP contribution < -0.4 is 9.80 Å². The van der Waals surface area contributed by atoms with Crippen LogP contribution in [0.1, 0.15) is 65.7 Å². The van der Waals surface area contributed by atoms with Crippen molar-refractivity contribution < 1.29 is 4.42 Å². The summed E-state index contributed by atoms with van der Waals surface area (Å²) in [5, 5.41) is 1.16. The molecule has 0 amide bonds. The first-order valence-electron chi connectivity index (χ1n) is 23.4. The van der Waals surface area contributed by atoms with E-state index < -0.39 is 10.8 Å². The summed E-state index contributed by atoms with van der Waals surface area (Å²) < 4.78 is 6.54. The SMILES string of the molecule is CC1CC=Cc2c1oc1ccc(N(C3=CC4(C)C(C=C3)c3ccccc3C43c4ccccc4-c4c(N(c5ccccc5)c5ccccc5-c5ccccc5)cccc43)c3ccccc3)cc21. The average molecular weight is 849 g/mol. The summed E-state index contributed by atoms with van der Waals surface area (Å²) in [6, 6.07) is 73.8. The van der Waals surface area contributed by atoms with Gasteiger partial charge in [-0.15, -0.1) is 0 Å². The predicted molar refractivity (Wildman–Crippen MR) is 273 cm³/mol. The first-order chi connectivity index (χ1) is 32.5. The average Bonchev–Trinajstić information content (AvgIpc) is 3.98. The highest BCUT2D eigenvalue weighted by Gasteiger charge is 2.64. The van der Waals surface area contributed by atoms with Gasteiger partial charge in [0.25, 0.3) is 0 Å². The molecule has 8 aromatic carbocycles. The first kappa shape index (κ1) is 38.6. The minimum Gasteiger partial charge on any atom is -0.460 e. The van der Waals surface area contributed by atoms with Gasteiger partial charge in [-0.2, -0.15) is 0 Å². The Morgan fingerprint density at radius 2 is 1.18 bits per heavy atom. The summed E-state index contributed by atoms with van der Waals surface area (Å²) in [6.07, 6.45) is 13.0. The summed E-state index contributed by atoms with van der Waals surface area (Å²) in [5.41, 5.74) is 18.3. The van der Waals surface area contributed by atoms with Gasteiger partial charge in [0.2, 0.25) is 0 Å². The summed E-state index contributed by atoms with van der Waals surface area (Å²) in [6.45, 7) is 4.79. The standard InChI is InChI=1S/C63H48N2O/c1-42-20-18-30-49-52-40-46(37-39-59(52)66-61(42)49)64(44-23-8-4-9-24-44)47-36-38-53-50-28-12-15-31-54(50)63(62(53,2)41-47)55-32-16-13-29-51(55)60-56(63)33-19-35-58(60)65(45-25-10-5-11-26-45)57-34-17-14-27-48(57)43-21-6-3-7-22-43/h3-19,21-42,53H,20H2,1-2H3. The molecule has 4 unspecified atom stereocenters. The van der Waals surface area contributed by atoms with Crippen LogP contribution in [0.15, 0.2) is 235 Å². The molecule has 4 aliphatic rings. The van der Waals surface area contributed by atoms with Crippen LogP contribution in [0.3, 0.4) is 0 Å². The Morgan fingerprint density at radius 3 is 1.97 bits per heavy atom. The van der Waals surface area contributed by atoms with E-state index >= 15 is 0 Å². The Kier molecular flexibility index (Phi) is 8.67. The lowest BCUT2D eigenvalue weighted by atomic mass is 9.56. The van der Waals surface area contributed by atoms with Crippen molar-refractivity contribution in [1.29, 1.82) is 0 Å². The zero-order valence-corrected chi connectivity index (χ0v) is 37.1. The van der Waals surface area contributed by atoms with Crippen LogP contribution in [0.2, 0.25) is 0 Å². The maximum Gasteiger partial charge on any atom is 0.135 e. The van der Waals surface area contributed by atoms with E-state index in [9.17, 15) is 0 Å². The summed E-state index contributed by atoms with van der Waals surface area (Å²) in [4.78, 5) is 4.96. The van der Waals surface area contributed by atoms with Crippen molar-refractivity contribution in [3.05, 3.63) is 264 Å². The van der Waals surface area contributed by atoms with Crippen LogP contribution in [-0.2, 0) is 5.41 Å². The molecular weight excluding hydrogens is 801 g/mol. The second-order valence-corrected chi connectivity index (χ2v) is 18.6. The van der Waals surface area contributed by atoms with Gasteiger partial charge in [-0.25, -0.2) is 0 Å². The molecule has 3 heteroatoms. The molecule has 0 saturated heterocycles. The quantitative estimate of drug-likeness (QED) is 0.159. The monoisotopic (exact) mass is 848 g/mol. The van der Waals surface area contributed by atoms with E-state index in [1.54, 1.807) is 0 Å². The van der Waals surface area contributed by atoms with Crippen molar-refractivity contribution in [1.82, 2.24) is 0 Å². The molecule has 316 valence electrons. The fourth-order valence-electron chi connectivity index (χ4n) is 12.4. The van der Waals surface area contributed by atoms with Crippen molar-refractivity contribution >= 4 is 45.5 Å². The molecule has 0 N–H and O–H groups in total. The summed E-state index contributed by atoms with van der Waals surface area (Å²) in [7, 11) is 0. The van der Waals surface area contributed by atoms with Crippen molar-refractivity contribution in [2.75, 3.05) is 9.80 Å². The number of rotatable bonds is 7. The maximum absolute atomic E-state index is 6.54. The Labute approximate surface area is 386 Å². The number of benzene rings is 8. The highest BCUT2D eigenvalue weighted by Crippen LogP contribution is 2.72. The smallest absolute Gasteiger partial charge is 0.135 e. The molecule has 1 aromatic heterocycles. The molecule has 3 nitrogen and oxygen atoms in total. The molecule has 0 fully saturated rings. The third-order valence-electron chi connectivity index (χ3n) is 15.1. The molecule has 1 heterocycles. The van der Waals surface area contributed by atoms with Gasteiger partial charge in [0.05, 0.1) is 16.8 Å². The molecule has 4 aliphatic carbocycles. The molecule has 0 radical (unpaired) electrons. The molecule has 13 rings (SSSR count). The van der Waals surface area contributed by atoms with Gasteiger partial charge in [-0.3, -0.25) is 0 Å². The molecular formula is C63H48N2O. The second-order valence-electron chi connectivity index (χ2n) is 18.6. The van der Waals surface area contributed by atoms with Gasteiger partial charge in [0.1, 0.15) is 11.3 Å². The summed E-state index contributed by atoms with van der Waals surface area (Å²) in [5.74, 6) is 1.56. The topological polar surface area (TPSA) is 19.6 Å². The van der Waals surface area contributed by atoms with Crippen LogP contribution in [-0.4, -0.2) is 0 Å². The molecule has 1 spiro atoms. The lowest BCUT2D eigenvalue weighted by Crippen LogP contribution is -2.43. The third kappa shape index (κ3) is 5.44. The largest absolute Gasteiger partial charge is 0.460 e. The predicted octanol–water partition coefficient (Wildman–Crippen LogP) is 16.8. The molecule has 66 heavy (non-hydrogen) atoms. The van der Waals surface area contributed by atoms with Crippen molar-refractivity contribution in [3.63, 3.8) is 0 Å². The van der Waals surface area contributed by atoms with Crippen LogP contribution >= 0.6 is 0 Å². The number of hydrogen-bond donors (Lipinski definition) is 0. The third-order valence-corrected chi connectivity index (χ3v) is 15.1. The minimum atomic E-state index is -0.523. The van der Waals surface area contributed by atoms with Gasteiger partial charge >= 0.3 is 0 Å². The van der Waals surface area contributed by atoms with Crippen molar-refractivity contribution in [2.24, 2.45) is 5.41 Å². The Morgan fingerprint density at radius 1 is 0.545 bits per heavy atom. The Hall–Kier alpha value is -7.88. The van der Waals surface area contributed by atoms with Crippen LogP contribution in [0.4, 0.5) is 28.4 Å². The van der Waals surface area contributed by atoms with Gasteiger partial charge in [0.15, 0.2) is 0 Å². The van der Waals surface area contributed by atoms with E-state index in [2.05, 4.69) is 254 Å². The lowest BCUT2D eigenvalue weighted by molar-refractivity contribution is 0.291. The van der Waals surface area contributed by atoms with Crippen LogP contribution in [0.5, 0.6) is 0 Å². The van der Waals surface area contributed by atoms with Gasteiger partial charge in [0, 0.05) is 62.1 Å².